The van der Waals surface area contributed by atoms with Gasteiger partial charge in [0.25, 0.3) is 0 Å². The smallest absolute Gasteiger partial charge is 0.236 e. The predicted octanol–water partition coefficient (Wildman–Crippen LogP) is 1.94. The first-order valence-corrected chi connectivity index (χ1v) is 8.63. The molecular formula is C16H23N3O2S. The van der Waals surface area contributed by atoms with Gasteiger partial charge in [-0.25, -0.2) is 0 Å². The first-order chi connectivity index (χ1) is 10.6. The number of nitrogens with zero attached hydrogens (tertiary/aromatic N) is 1. The molecule has 5 nitrogen and oxygen atoms in total. The molecule has 0 spiro atoms. The minimum atomic E-state index is -0.189. The Morgan fingerprint density at radius 2 is 2.09 bits per heavy atom. The average Bonchev–Trinajstić information content (AvgIpc) is 2.52. The molecule has 120 valence electrons. The van der Waals surface area contributed by atoms with Gasteiger partial charge in [0, 0.05) is 25.2 Å². The van der Waals surface area contributed by atoms with E-state index in [2.05, 4.69) is 17.6 Å². The summed E-state index contributed by atoms with van der Waals surface area (Å²) in [6.07, 6.45) is 2.53. The van der Waals surface area contributed by atoms with Gasteiger partial charge in [0.2, 0.25) is 11.8 Å². The first-order valence-electron chi connectivity index (χ1n) is 7.58. The third kappa shape index (κ3) is 4.74. The minimum absolute atomic E-state index is 0.0184. The monoisotopic (exact) mass is 321 g/mol. The molecule has 0 radical (unpaired) electrons. The maximum Gasteiger partial charge on any atom is 0.236 e. The maximum absolute atomic E-state index is 12.2. The molecule has 1 aromatic carbocycles. The molecule has 0 saturated carbocycles. The van der Waals surface area contributed by atoms with Crippen LogP contribution in [0.3, 0.4) is 0 Å². The number of benzene rings is 1. The van der Waals surface area contributed by atoms with Gasteiger partial charge >= 0.3 is 0 Å². The summed E-state index contributed by atoms with van der Waals surface area (Å²) < 4.78 is 0. The number of thioether (sulfide) groups is 1. The Kier molecular flexibility index (Phi) is 6.27. The van der Waals surface area contributed by atoms with E-state index in [0.29, 0.717) is 12.2 Å². The van der Waals surface area contributed by atoms with Gasteiger partial charge in [-0.3, -0.25) is 14.9 Å². The molecule has 22 heavy (non-hydrogen) atoms. The Balaban J connectivity index is 1.84. The summed E-state index contributed by atoms with van der Waals surface area (Å²) >= 11 is 1.43. The summed E-state index contributed by atoms with van der Waals surface area (Å²) in [5.41, 5.74) is 0.684. The van der Waals surface area contributed by atoms with Gasteiger partial charge in [-0.15, -0.1) is 11.8 Å². The van der Waals surface area contributed by atoms with Crippen LogP contribution in [0.5, 0.6) is 0 Å². The standard InChI is InChI=1S/C16H23N3O2S/c1-3-7-12-10-14(20)18-16(17-12)22-11-15(21)19(2)13-8-5-4-6-9-13/h4-6,8-9,12,16-17H,3,7,10-11H2,1-2H3,(H,18,20). The Hall–Kier alpha value is -1.53. The molecule has 0 aromatic heterocycles. The predicted molar refractivity (Wildman–Crippen MR) is 90.7 cm³/mol. The summed E-state index contributed by atoms with van der Waals surface area (Å²) in [5.74, 6) is 0.394. The van der Waals surface area contributed by atoms with E-state index >= 15 is 0 Å². The number of para-hydroxylation sites is 1. The number of nitrogens with one attached hydrogen (secondary N) is 2. The van der Waals surface area contributed by atoms with Gasteiger partial charge in [-0.2, -0.15) is 0 Å². The lowest BCUT2D eigenvalue weighted by Crippen LogP contribution is -2.55. The van der Waals surface area contributed by atoms with Crippen LogP contribution in [0.2, 0.25) is 0 Å². The summed E-state index contributed by atoms with van der Waals surface area (Å²) in [5, 5.41) is 6.26. The first kappa shape index (κ1) is 16.8. The summed E-state index contributed by atoms with van der Waals surface area (Å²) in [7, 11) is 1.77. The second-order valence-electron chi connectivity index (χ2n) is 5.40. The van der Waals surface area contributed by atoms with Gasteiger partial charge in [-0.1, -0.05) is 31.5 Å². The van der Waals surface area contributed by atoms with Crippen molar-refractivity contribution in [3.63, 3.8) is 0 Å². The van der Waals surface area contributed by atoms with Crippen molar-refractivity contribution < 1.29 is 9.59 Å². The average molecular weight is 321 g/mol. The summed E-state index contributed by atoms with van der Waals surface area (Å²) in [6, 6.07) is 9.75. The fourth-order valence-corrected chi connectivity index (χ4v) is 3.42. The molecule has 6 heteroatoms. The number of amides is 2. The van der Waals surface area contributed by atoms with E-state index < -0.39 is 0 Å². The Bertz CT molecular complexity index is 509. The zero-order valence-corrected chi connectivity index (χ0v) is 13.9. The Labute approximate surface area is 135 Å². The molecule has 1 aliphatic heterocycles. The lowest BCUT2D eigenvalue weighted by atomic mass is 10.1. The normalized spacial score (nSPS) is 21.3. The third-order valence-electron chi connectivity index (χ3n) is 3.64. The summed E-state index contributed by atoms with van der Waals surface area (Å²) in [4.78, 5) is 25.6. The molecule has 2 unspecified atom stereocenters. The minimum Gasteiger partial charge on any atom is -0.332 e. The molecule has 2 atom stereocenters. The van der Waals surface area contributed by atoms with E-state index in [1.165, 1.54) is 11.8 Å². The van der Waals surface area contributed by atoms with Crippen molar-refractivity contribution in [2.45, 2.75) is 37.7 Å². The highest BCUT2D eigenvalue weighted by molar-refractivity contribution is 8.00. The fourth-order valence-electron chi connectivity index (χ4n) is 2.41. The van der Waals surface area contributed by atoms with Crippen LogP contribution in [-0.2, 0) is 9.59 Å². The number of hydrogen-bond donors (Lipinski definition) is 2. The maximum atomic E-state index is 12.2. The zero-order valence-electron chi connectivity index (χ0n) is 13.0. The van der Waals surface area contributed by atoms with Crippen molar-refractivity contribution in [1.29, 1.82) is 0 Å². The van der Waals surface area contributed by atoms with E-state index in [4.69, 9.17) is 0 Å². The summed E-state index contributed by atoms with van der Waals surface area (Å²) in [6.45, 7) is 2.11. The quantitative estimate of drug-likeness (QED) is 0.841. The van der Waals surface area contributed by atoms with Gasteiger partial charge in [0.05, 0.1) is 5.75 Å². The van der Waals surface area contributed by atoms with Gasteiger partial charge in [0.1, 0.15) is 5.50 Å². The van der Waals surface area contributed by atoms with Gasteiger partial charge in [0.15, 0.2) is 0 Å². The highest BCUT2D eigenvalue weighted by Crippen LogP contribution is 2.17. The van der Waals surface area contributed by atoms with Crippen molar-refractivity contribution in [2.24, 2.45) is 0 Å². The van der Waals surface area contributed by atoms with Crippen LogP contribution >= 0.6 is 11.8 Å². The van der Waals surface area contributed by atoms with E-state index in [9.17, 15) is 9.59 Å². The van der Waals surface area contributed by atoms with E-state index in [1.54, 1.807) is 11.9 Å². The second kappa shape index (κ2) is 8.19. The molecule has 2 rings (SSSR count). The van der Waals surface area contributed by atoms with E-state index in [1.807, 2.05) is 30.3 Å². The number of hydrogen-bond acceptors (Lipinski definition) is 4. The fraction of sp³-hybridized carbons (Fsp3) is 0.500. The topological polar surface area (TPSA) is 61.4 Å². The van der Waals surface area contributed by atoms with Crippen molar-refractivity contribution in [2.75, 3.05) is 17.7 Å². The van der Waals surface area contributed by atoms with Crippen molar-refractivity contribution in [3.8, 4) is 0 Å². The SMILES string of the molecule is CCCC1CC(=O)NC(SCC(=O)N(C)c2ccccc2)N1. The zero-order chi connectivity index (χ0) is 15.9. The second-order valence-corrected chi connectivity index (χ2v) is 6.50. The molecular weight excluding hydrogens is 298 g/mol. The molecule has 2 amide bonds. The Morgan fingerprint density at radius 3 is 2.77 bits per heavy atom. The van der Waals surface area contributed by atoms with Crippen molar-refractivity contribution >= 4 is 29.3 Å². The lowest BCUT2D eigenvalue weighted by Gasteiger charge is -2.31. The van der Waals surface area contributed by atoms with Crippen molar-refractivity contribution in [3.05, 3.63) is 30.3 Å². The van der Waals surface area contributed by atoms with Crippen LogP contribution in [0, 0.1) is 0 Å². The van der Waals surface area contributed by atoms with Crippen LogP contribution in [0.4, 0.5) is 5.69 Å². The molecule has 1 aromatic rings. The third-order valence-corrected chi connectivity index (χ3v) is 4.64. The van der Waals surface area contributed by atoms with Crippen LogP contribution in [0.1, 0.15) is 26.2 Å². The number of carbonyl (C=O) groups is 2. The van der Waals surface area contributed by atoms with Crippen LogP contribution in [-0.4, -0.2) is 36.2 Å². The molecule has 1 saturated heterocycles. The van der Waals surface area contributed by atoms with Crippen molar-refractivity contribution in [1.82, 2.24) is 10.6 Å². The van der Waals surface area contributed by atoms with E-state index in [0.717, 1.165) is 18.5 Å². The Morgan fingerprint density at radius 1 is 1.36 bits per heavy atom. The number of carbonyl (C=O) groups excluding carboxylic acids is 2. The molecule has 0 aliphatic carbocycles. The number of rotatable bonds is 6. The molecule has 0 bridgehead atoms. The van der Waals surface area contributed by atoms with Gasteiger partial charge in [-0.05, 0) is 18.6 Å². The van der Waals surface area contributed by atoms with E-state index in [-0.39, 0.29) is 23.4 Å². The molecule has 1 aliphatic rings. The molecule has 1 heterocycles. The lowest BCUT2D eigenvalue weighted by molar-refractivity contribution is -0.123. The van der Waals surface area contributed by atoms with Crippen LogP contribution in [0.25, 0.3) is 0 Å². The van der Waals surface area contributed by atoms with Gasteiger partial charge < -0.3 is 10.2 Å². The van der Waals surface area contributed by atoms with Crippen LogP contribution in [0.15, 0.2) is 30.3 Å². The molecule has 1 fully saturated rings. The highest BCUT2D eigenvalue weighted by Gasteiger charge is 2.26. The highest BCUT2D eigenvalue weighted by atomic mass is 32.2. The van der Waals surface area contributed by atoms with Crippen LogP contribution < -0.4 is 15.5 Å². The largest absolute Gasteiger partial charge is 0.332 e. The molecule has 2 N–H and O–H groups in total. The number of anilines is 1.